The second kappa shape index (κ2) is 12.4. The first kappa shape index (κ1) is 31.5. The number of carbonyl (C=O) groups is 3. The molecule has 1 N–H and O–H groups in total. The van der Waals surface area contributed by atoms with Gasteiger partial charge in [0.25, 0.3) is 0 Å². The second-order valence-electron chi connectivity index (χ2n) is 13.9. The van der Waals surface area contributed by atoms with Gasteiger partial charge in [-0.25, -0.2) is 14.8 Å². The minimum absolute atomic E-state index is 0.130. The van der Waals surface area contributed by atoms with E-state index in [-0.39, 0.29) is 30.1 Å². The lowest BCUT2D eigenvalue weighted by Crippen LogP contribution is -2.59. The monoisotopic (exact) mass is 622 g/mol. The molecular weight excluding hydrogens is 576 g/mol. The topological polar surface area (TPSA) is 129 Å². The first-order valence-corrected chi connectivity index (χ1v) is 16.4. The quantitative estimate of drug-likeness (QED) is 0.521. The highest BCUT2D eigenvalue weighted by Gasteiger charge is 2.55. The third kappa shape index (κ3) is 6.33. The molecule has 11 heteroatoms. The van der Waals surface area contributed by atoms with Crippen LogP contribution in [-0.4, -0.2) is 83.3 Å². The SMILES string of the molecule is COc1ccc2nc3c(nc2c1)O[C@H]1CN(C(=O)[C@H](C2(C)CCOCC2)NC(=O)O[C@]2(C)C[C@H]2CCCCC3)[C@H](C(C)=O)[C@@H]1C. The fraction of sp³-hybridized carbons (Fsp3) is 0.676. The van der Waals surface area contributed by atoms with Crippen molar-refractivity contribution in [1.29, 1.82) is 0 Å². The van der Waals surface area contributed by atoms with Crippen LogP contribution in [-0.2, 0) is 25.5 Å². The minimum Gasteiger partial charge on any atom is -0.497 e. The number of amides is 2. The minimum atomic E-state index is -0.884. The van der Waals surface area contributed by atoms with Crippen molar-refractivity contribution in [2.45, 2.75) is 103 Å². The average Bonchev–Trinajstić information content (AvgIpc) is 3.52. The summed E-state index contributed by atoms with van der Waals surface area (Å²) >= 11 is 0. The number of fused-ring (bicyclic) bond motifs is 5. The number of alkyl carbamates (subject to hydrolysis) is 1. The first-order chi connectivity index (χ1) is 21.5. The summed E-state index contributed by atoms with van der Waals surface area (Å²) in [4.78, 5) is 52.5. The Bertz CT molecular complexity index is 1460. The van der Waals surface area contributed by atoms with Crippen LogP contribution in [0.1, 0.15) is 78.3 Å². The van der Waals surface area contributed by atoms with Gasteiger partial charge in [-0.1, -0.05) is 26.7 Å². The zero-order chi connectivity index (χ0) is 31.9. The zero-order valence-electron chi connectivity index (χ0n) is 27.1. The van der Waals surface area contributed by atoms with E-state index < -0.39 is 35.3 Å². The van der Waals surface area contributed by atoms with E-state index in [9.17, 15) is 14.4 Å². The lowest BCUT2D eigenvalue weighted by Gasteiger charge is -2.42. The van der Waals surface area contributed by atoms with Gasteiger partial charge in [0, 0.05) is 36.5 Å². The van der Waals surface area contributed by atoms with Crippen LogP contribution in [0.15, 0.2) is 18.2 Å². The number of ketones is 1. The van der Waals surface area contributed by atoms with Crippen LogP contribution in [0.25, 0.3) is 11.0 Å². The van der Waals surface area contributed by atoms with Crippen molar-refractivity contribution in [3.63, 3.8) is 0 Å². The molecule has 2 saturated heterocycles. The lowest BCUT2D eigenvalue weighted by molar-refractivity contribution is -0.143. The summed E-state index contributed by atoms with van der Waals surface area (Å²) in [5, 5.41) is 2.97. The van der Waals surface area contributed by atoms with Crippen molar-refractivity contribution in [3.8, 4) is 11.6 Å². The Hall–Kier alpha value is -3.47. The Morgan fingerprint density at radius 1 is 1.09 bits per heavy atom. The molecule has 0 radical (unpaired) electrons. The Labute approximate surface area is 264 Å². The van der Waals surface area contributed by atoms with Crippen molar-refractivity contribution in [2.24, 2.45) is 17.3 Å². The number of aryl methyl sites for hydroxylation is 1. The number of hydrogen-bond acceptors (Lipinski definition) is 9. The van der Waals surface area contributed by atoms with E-state index in [1.807, 2.05) is 39.0 Å². The number of methoxy groups -OCH3 is 1. The molecule has 2 bridgehead atoms. The molecule has 3 aliphatic heterocycles. The van der Waals surface area contributed by atoms with Gasteiger partial charge in [0.15, 0.2) is 5.78 Å². The van der Waals surface area contributed by atoms with Gasteiger partial charge in [0.1, 0.15) is 29.2 Å². The van der Waals surface area contributed by atoms with E-state index in [1.165, 1.54) is 6.92 Å². The molecule has 2 amide bonds. The molecular formula is C34H46N4O7. The van der Waals surface area contributed by atoms with E-state index >= 15 is 0 Å². The number of benzene rings is 1. The Morgan fingerprint density at radius 3 is 2.60 bits per heavy atom. The van der Waals surface area contributed by atoms with Gasteiger partial charge in [0.05, 0.1) is 30.7 Å². The highest BCUT2D eigenvalue weighted by atomic mass is 16.6. The highest BCUT2D eigenvalue weighted by molar-refractivity contribution is 5.92. The standard InChI is InChI=1S/C34H46N4O7/c1-20-27-19-38(28(20)21(2)39)31(40)29(33(3)13-15-43-16-14-33)37-32(41)45-34(4)18-22(34)9-7-6-8-10-25-30(44-27)36-26-17-23(42-5)11-12-24(26)35-25/h11-12,17,20,22,27-29H,6-10,13-16,18-19H2,1-5H3,(H,37,41)/t20-,22-,27+,28+,29-,34-/m1/s1. The Balaban J connectivity index is 1.37. The first-order valence-electron chi connectivity index (χ1n) is 16.4. The van der Waals surface area contributed by atoms with Crippen molar-refractivity contribution < 1.29 is 33.3 Å². The van der Waals surface area contributed by atoms with Crippen LogP contribution >= 0.6 is 0 Å². The van der Waals surface area contributed by atoms with Crippen LogP contribution < -0.4 is 14.8 Å². The maximum absolute atomic E-state index is 14.5. The number of Topliss-reactive ketones (excluding diaryl/α,β-unsaturated/α-hetero) is 1. The van der Waals surface area contributed by atoms with Crippen molar-refractivity contribution in [2.75, 3.05) is 26.9 Å². The third-order valence-electron chi connectivity index (χ3n) is 10.7. The molecule has 244 valence electrons. The van der Waals surface area contributed by atoms with Gasteiger partial charge >= 0.3 is 6.09 Å². The fourth-order valence-electron chi connectivity index (χ4n) is 7.51. The van der Waals surface area contributed by atoms with E-state index in [1.54, 1.807) is 12.0 Å². The van der Waals surface area contributed by atoms with Gasteiger partial charge in [-0.2, -0.15) is 0 Å². The van der Waals surface area contributed by atoms with Crippen molar-refractivity contribution >= 4 is 28.8 Å². The van der Waals surface area contributed by atoms with Crippen LogP contribution in [0.5, 0.6) is 11.6 Å². The van der Waals surface area contributed by atoms with Crippen molar-refractivity contribution in [1.82, 2.24) is 20.2 Å². The second-order valence-corrected chi connectivity index (χ2v) is 13.9. The van der Waals surface area contributed by atoms with E-state index in [0.717, 1.165) is 43.3 Å². The molecule has 6 rings (SSSR count). The van der Waals surface area contributed by atoms with Gasteiger partial charge < -0.3 is 29.2 Å². The van der Waals surface area contributed by atoms with E-state index in [0.29, 0.717) is 49.6 Å². The largest absolute Gasteiger partial charge is 0.497 e. The molecule has 4 aliphatic rings. The number of aromatic nitrogens is 2. The fourth-order valence-corrected chi connectivity index (χ4v) is 7.51. The lowest BCUT2D eigenvalue weighted by atomic mass is 9.75. The molecule has 11 nitrogen and oxygen atoms in total. The molecule has 1 aliphatic carbocycles. The molecule has 6 atom stereocenters. The maximum atomic E-state index is 14.5. The highest BCUT2D eigenvalue weighted by Crippen LogP contribution is 2.50. The smallest absolute Gasteiger partial charge is 0.408 e. The van der Waals surface area contributed by atoms with E-state index in [2.05, 4.69) is 5.32 Å². The number of hydrogen-bond donors (Lipinski definition) is 1. The summed E-state index contributed by atoms with van der Waals surface area (Å²) < 4.78 is 23.7. The van der Waals surface area contributed by atoms with Gasteiger partial charge in [0.2, 0.25) is 11.8 Å². The summed E-state index contributed by atoms with van der Waals surface area (Å²) in [6, 6.07) is 4.01. The molecule has 45 heavy (non-hydrogen) atoms. The summed E-state index contributed by atoms with van der Waals surface area (Å²) in [5.41, 5.74) is 1.07. The zero-order valence-corrected chi connectivity index (χ0v) is 27.1. The van der Waals surface area contributed by atoms with Crippen LogP contribution in [0.4, 0.5) is 4.79 Å². The summed E-state index contributed by atoms with van der Waals surface area (Å²) in [6.45, 7) is 8.59. The molecule has 4 heterocycles. The number of ether oxygens (including phenoxy) is 4. The van der Waals surface area contributed by atoms with Crippen LogP contribution in [0.2, 0.25) is 0 Å². The molecule has 0 spiro atoms. The molecule has 1 aromatic heterocycles. The summed E-state index contributed by atoms with van der Waals surface area (Å²) in [5.74, 6) is 0.633. The number of carbonyl (C=O) groups excluding carboxylic acids is 3. The Kier molecular flexibility index (Phi) is 8.67. The van der Waals surface area contributed by atoms with Gasteiger partial charge in [-0.05, 0) is 64.5 Å². The Morgan fingerprint density at radius 2 is 1.87 bits per heavy atom. The van der Waals surface area contributed by atoms with Crippen molar-refractivity contribution in [3.05, 3.63) is 23.9 Å². The number of nitrogens with zero attached hydrogens (tertiary/aromatic N) is 3. The predicted octanol–water partition coefficient (Wildman–Crippen LogP) is 4.63. The molecule has 3 fully saturated rings. The number of nitrogens with one attached hydrogen (secondary N) is 1. The molecule has 0 unspecified atom stereocenters. The van der Waals surface area contributed by atoms with E-state index in [4.69, 9.17) is 28.9 Å². The summed E-state index contributed by atoms with van der Waals surface area (Å²) in [6.07, 6.45) is 5.47. The van der Waals surface area contributed by atoms with Gasteiger partial charge in [-0.3, -0.25) is 9.59 Å². The van der Waals surface area contributed by atoms with Crippen LogP contribution in [0, 0.1) is 17.3 Å². The summed E-state index contributed by atoms with van der Waals surface area (Å²) in [7, 11) is 1.61. The average molecular weight is 623 g/mol. The predicted molar refractivity (Wildman–Crippen MR) is 166 cm³/mol. The normalized spacial score (nSPS) is 32.2. The van der Waals surface area contributed by atoms with Gasteiger partial charge in [-0.15, -0.1) is 0 Å². The van der Waals surface area contributed by atoms with Crippen LogP contribution in [0.3, 0.4) is 0 Å². The molecule has 2 aromatic rings. The maximum Gasteiger partial charge on any atom is 0.408 e. The third-order valence-corrected chi connectivity index (χ3v) is 10.7. The molecule has 1 aromatic carbocycles. The number of rotatable bonds is 3. The molecule has 1 saturated carbocycles.